The van der Waals surface area contributed by atoms with Crippen LogP contribution >= 0.6 is 0 Å². The molecular formula is C10H16O2. The Hall–Kier alpha value is -0.790. The molecular weight excluding hydrogens is 152 g/mol. The van der Waals surface area contributed by atoms with Gasteiger partial charge in [-0.05, 0) is 12.3 Å². The number of esters is 1. The second-order valence-electron chi connectivity index (χ2n) is 3.36. The summed E-state index contributed by atoms with van der Waals surface area (Å²) in [6.07, 6.45) is 5.00. The minimum Gasteiger partial charge on any atom is -0.462 e. The van der Waals surface area contributed by atoms with Crippen molar-refractivity contribution in [3.8, 4) is 0 Å². The summed E-state index contributed by atoms with van der Waals surface area (Å²) in [4.78, 5) is 11.0. The third-order valence-electron chi connectivity index (χ3n) is 2.33. The average Bonchev–Trinajstić information content (AvgIpc) is 2.47. The molecule has 0 aromatic heterocycles. The summed E-state index contributed by atoms with van der Waals surface area (Å²) < 4.78 is 4.82. The van der Waals surface area contributed by atoms with Crippen molar-refractivity contribution in [1.29, 1.82) is 0 Å². The van der Waals surface area contributed by atoms with Crippen LogP contribution in [-0.2, 0) is 9.53 Å². The highest BCUT2D eigenvalue weighted by molar-refractivity contribution is 5.90. The van der Waals surface area contributed by atoms with Gasteiger partial charge in [0.25, 0.3) is 0 Å². The van der Waals surface area contributed by atoms with Crippen molar-refractivity contribution in [3.05, 3.63) is 11.6 Å². The van der Waals surface area contributed by atoms with Gasteiger partial charge in [0.05, 0.1) is 6.61 Å². The van der Waals surface area contributed by atoms with E-state index in [2.05, 4.69) is 13.8 Å². The van der Waals surface area contributed by atoms with E-state index in [1.165, 1.54) is 6.42 Å². The van der Waals surface area contributed by atoms with E-state index in [-0.39, 0.29) is 5.97 Å². The molecule has 1 aliphatic rings. The quantitative estimate of drug-likeness (QED) is 0.477. The van der Waals surface area contributed by atoms with Gasteiger partial charge in [0.1, 0.15) is 0 Å². The maximum absolute atomic E-state index is 11.0. The van der Waals surface area contributed by atoms with Gasteiger partial charge in [-0.15, -0.1) is 0 Å². The fraction of sp³-hybridized carbons (Fsp3) is 0.700. The molecule has 1 unspecified atom stereocenters. The van der Waals surface area contributed by atoms with E-state index in [4.69, 9.17) is 4.74 Å². The van der Waals surface area contributed by atoms with E-state index in [1.54, 1.807) is 0 Å². The molecule has 68 valence electrons. The maximum atomic E-state index is 11.0. The summed E-state index contributed by atoms with van der Waals surface area (Å²) in [6, 6.07) is 0. The van der Waals surface area contributed by atoms with Crippen LogP contribution in [0.5, 0.6) is 0 Å². The minimum atomic E-state index is -0.113. The standard InChI is InChI=1S/C10H16O2/c1-3-8(2)4-5-9-6-7-12-10(9)11/h5,8H,3-4,6-7H2,1-2H3. The normalized spacial score (nSPS) is 22.8. The first kappa shape index (κ1) is 9.30. The van der Waals surface area contributed by atoms with Crippen LogP contribution in [0.25, 0.3) is 0 Å². The highest BCUT2D eigenvalue weighted by Gasteiger charge is 2.17. The molecule has 1 aliphatic heterocycles. The maximum Gasteiger partial charge on any atom is 0.333 e. The molecule has 2 heteroatoms. The Morgan fingerprint density at radius 1 is 1.67 bits per heavy atom. The Morgan fingerprint density at radius 2 is 2.42 bits per heavy atom. The number of allylic oxidation sites excluding steroid dienone is 1. The zero-order valence-electron chi connectivity index (χ0n) is 7.80. The van der Waals surface area contributed by atoms with E-state index >= 15 is 0 Å². The molecule has 0 aromatic rings. The molecule has 0 N–H and O–H groups in total. The van der Waals surface area contributed by atoms with Gasteiger partial charge in [-0.25, -0.2) is 4.79 Å². The van der Waals surface area contributed by atoms with E-state index in [0.717, 1.165) is 18.4 Å². The monoisotopic (exact) mass is 168 g/mol. The van der Waals surface area contributed by atoms with Crippen molar-refractivity contribution >= 4 is 5.97 Å². The number of cyclic esters (lactones) is 1. The van der Waals surface area contributed by atoms with E-state index in [1.807, 2.05) is 6.08 Å². The molecule has 12 heavy (non-hydrogen) atoms. The summed E-state index contributed by atoms with van der Waals surface area (Å²) in [5.41, 5.74) is 0.871. The van der Waals surface area contributed by atoms with Crippen molar-refractivity contribution in [3.63, 3.8) is 0 Å². The number of hydrogen-bond donors (Lipinski definition) is 0. The molecule has 0 aromatic carbocycles. The molecule has 0 aliphatic carbocycles. The van der Waals surface area contributed by atoms with Crippen molar-refractivity contribution in [2.24, 2.45) is 5.92 Å². The number of carbonyl (C=O) groups is 1. The van der Waals surface area contributed by atoms with Crippen LogP contribution in [0.1, 0.15) is 33.1 Å². The van der Waals surface area contributed by atoms with Gasteiger partial charge in [0.2, 0.25) is 0 Å². The van der Waals surface area contributed by atoms with E-state index in [9.17, 15) is 4.79 Å². The zero-order chi connectivity index (χ0) is 8.97. The third-order valence-corrected chi connectivity index (χ3v) is 2.33. The molecule has 1 heterocycles. The SMILES string of the molecule is CCC(C)CC=C1CCOC1=O. The first-order valence-corrected chi connectivity index (χ1v) is 4.60. The van der Waals surface area contributed by atoms with Crippen LogP contribution in [0.2, 0.25) is 0 Å². The Bertz CT molecular complexity index is 194. The summed E-state index contributed by atoms with van der Waals surface area (Å²) in [7, 11) is 0. The lowest BCUT2D eigenvalue weighted by atomic mass is 10.0. The van der Waals surface area contributed by atoms with Gasteiger partial charge in [0.15, 0.2) is 0 Å². The molecule has 1 rings (SSSR count). The minimum absolute atomic E-state index is 0.113. The molecule has 1 atom stereocenters. The molecule has 0 saturated carbocycles. The highest BCUT2D eigenvalue weighted by atomic mass is 16.5. The molecule has 0 amide bonds. The van der Waals surface area contributed by atoms with Crippen LogP contribution in [0, 0.1) is 5.92 Å². The van der Waals surface area contributed by atoms with Gasteiger partial charge >= 0.3 is 5.97 Å². The number of carbonyl (C=O) groups excluding carboxylic acids is 1. The smallest absolute Gasteiger partial charge is 0.333 e. The largest absolute Gasteiger partial charge is 0.462 e. The van der Waals surface area contributed by atoms with Gasteiger partial charge < -0.3 is 4.74 Å². The molecule has 1 fully saturated rings. The van der Waals surface area contributed by atoms with Gasteiger partial charge in [0, 0.05) is 12.0 Å². The first-order chi connectivity index (χ1) is 5.74. The highest BCUT2D eigenvalue weighted by Crippen LogP contribution is 2.16. The van der Waals surface area contributed by atoms with Gasteiger partial charge in [-0.1, -0.05) is 26.3 Å². The second-order valence-corrected chi connectivity index (χ2v) is 3.36. The summed E-state index contributed by atoms with van der Waals surface area (Å²) in [5.74, 6) is 0.559. The zero-order valence-corrected chi connectivity index (χ0v) is 7.80. The molecule has 0 spiro atoms. The van der Waals surface area contributed by atoms with Crippen LogP contribution in [0.4, 0.5) is 0 Å². The average molecular weight is 168 g/mol. The Morgan fingerprint density at radius 3 is 2.92 bits per heavy atom. The van der Waals surface area contributed by atoms with Gasteiger partial charge in [-0.2, -0.15) is 0 Å². The molecule has 0 bridgehead atoms. The van der Waals surface area contributed by atoms with Crippen molar-refractivity contribution in [1.82, 2.24) is 0 Å². The van der Waals surface area contributed by atoms with Crippen molar-refractivity contribution in [2.45, 2.75) is 33.1 Å². The van der Waals surface area contributed by atoms with Crippen LogP contribution in [-0.4, -0.2) is 12.6 Å². The Kier molecular flexibility index (Phi) is 3.32. The number of hydrogen-bond acceptors (Lipinski definition) is 2. The second kappa shape index (κ2) is 4.29. The predicted molar refractivity (Wildman–Crippen MR) is 47.7 cm³/mol. The Labute approximate surface area is 73.6 Å². The summed E-state index contributed by atoms with van der Waals surface area (Å²) in [5, 5.41) is 0. The summed E-state index contributed by atoms with van der Waals surface area (Å²) in [6.45, 7) is 4.93. The van der Waals surface area contributed by atoms with Crippen molar-refractivity contribution in [2.75, 3.05) is 6.61 Å². The number of rotatable bonds is 3. The molecule has 2 nitrogen and oxygen atoms in total. The molecule has 1 saturated heterocycles. The lowest BCUT2D eigenvalue weighted by molar-refractivity contribution is -0.135. The Balaban J connectivity index is 2.40. The van der Waals surface area contributed by atoms with Crippen molar-refractivity contribution < 1.29 is 9.53 Å². The topological polar surface area (TPSA) is 26.3 Å². The number of ether oxygens (including phenoxy) is 1. The van der Waals surface area contributed by atoms with Crippen LogP contribution < -0.4 is 0 Å². The summed E-state index contributed by atoms with van der Waals surface area (Å²) >= 11 is 0. The first-order valence-electron chi connectivity index (χ1n) is 4.60. The fourth-order valence-electron chi connectivity index (χ4n) is 1.14. The molecule has 0 radical (unpaired) electrons. The fourth-order valence-corrected chi connectivity index (χ4v) is 1.14. The van der Waals surface area contributed by atoms with E-state index < -0.39 is 0 Å². The van der Waals surface area contributed by atoms with Crippen LogP contribution in [0.3, 0.4) is 0 Å². The van der Waals surface area contributed by atoms with Gasteiger partial charge in [-0.3, -0.25) is 0 Å². The van der Waals surface area contributed by atoms with Crippen LogP contribution in [0.15, 0.2) is 11.6 Å². The lowest BCUT2D eigenvalue weighted by Crippen LogP contribution is -1.96. The van der Waals surface area contributed by atoms with E-state index in [0.29, 0.717) is 12.5 Å². The predicted octanol–water partition coefficient (Wildman–Crippen LogP) is 2.30. The third kappa shape index (κ3) is 2.36. The lowest BCUT2D eigenvalue weighted by Gasteiger charge is -2.02.